The Bertz CT molecular complexity index is 939. The van der Waals surface area contributed by atoms with Crippen molar-refractivity contribution in [3.63, 3.8) is 0 Å². The number of hydrogen-bond acceptors (Lipinski definition) is 4. The van der Waals surface area contributed by atoms with Crippen LogP contribution in [0.15, 0.2) is 42.5 Å². The van der Waals surface area contributed by atoms with E-state index in [0.717, 1.165) is 19.3 Å². The van der Waals surface area contributed by atoms with E-state index < -0.39 is 0 Å². The molecule has 5 rings (SSSR count). The number of nitrogens with one attached hydrogen (secondary N) is 1. The second-order valence-corrected chi connectivity index (χ2v) is 9.43. The van der Waals surface area contributed by atoms with Crippen molar-refractivity contribution < 1.29 is 14.3 Å². The van der Waals surface area contributed by atoms with E-state index in [1.54, 1.807) is 42.5 Å². The summed E-state index contributed by atoms with van der Waals surface area (Å²) in [7, 11) is 0. The van der Waals surface area contributed by atoms with Gasteiger partial charge in [0.1, 0.15) is 12.4 Å². The van der Waals surface area contributed by atoms with Crippen LogP contribution < -0.4 is 10.1 Å². The molecule has 0 amide bonds. The first kappa shape index (κ1) is 20.7. The molecule has 3 aliphatic carbocycles. The quantitative estimate of drug-likeness (QED) is 0.519. The van der Waals surface area contributed by atoms with Crippen LogP contribution in [0.5, 0.6) is 5.75 Å². The third-order valence-corrected chi connectivity index (χ3v) is 6.78. The largest absolute Gasteiger partial charge is 0.486 e. The number of Topliss-reactive ketones (excluding diaryl/α,β-unsaturated/α-hetero) is 2. The van der Waals surface area contributed by atoms with Crippen LogP contribution in [0.3, 0.4) is 0 Å². The molecule has 0 heterocycles. The second-order valence-electron chi connectivity index (χ2n) is 8.17. The van der Waals surface area contributed by atoms with Crippen molar-refractivity contribution in [1.29, 1.82) is 0 Å². The van der Waals surface area contributed by atoms with Crippen LogP contribution in [0.1, 0.15) is 36.0 Å². The van der Waals surface area contributed by atoms with Gasteiger partial charge in [-0.25, -0.2) is 0 Å². The summed E-state index contributed by atoms with van der Waals surface area (Å²) in [5.74, 6) is 0.650. The molecule has 3 aliphatic rings. The van der Waals surface area contributed by atoms with Gasteiger partial charge in [-0.05, 0) is 61.1 Å². The van der Waals surface area contributed by atoms with Crippen molar-refractivity contribution in [3.8, 4) is 5.75 Å². The molecule has 3 fully saturated rings. The number of hydrogen-bond donors (Lipinski definition) is 1. The summed E-state index contributed by atoms with van der Waals surface area (Å²) in [6.45, 7) is 0.321. The van der Waals surface area contributed by atoms with Gasteiger partial charge in [-0.3, -0.25) is 9.59 Å². The van der Waals surface area contributed by atoms with Crippen molar-refractivity contribution in [2.45, 2.75) is 31.2 Å². The summed E-state index contributed by atoms with van der Waals surface area (Å²) in [6, 6.07) is 11.9. The van der Waals surface area contributed by atoms with Crippen molar-refractivity contribution in [3.05, 3.63) is 63.1 Å². The van der Waals surface area contributed by atoms with E-state index in [2.05, 4.69) is 5.32 Å². The van der Waals surface area contributed by atoms with Gasteiger partial charge in [-0.15, -0.1) is 0 Å². The van der Waals surface area contributed by atoms with Crippen molar-refractivity contribution >= 4 is 46.4 Å². The van der Waals surface area contributed by atoms with Crippen LogP contribution >= 0.6 is 34.8 Å². The van der Waals surface area contributed by atoms with Gasteiger partial charge in [-0.1, -0.05) is 34.8 Å². The van der Waals surface area contributed by atoms with Crippen molar-refractivity contribution in [2.24, 2.45) is 5.41 Å². The van der Waals surface area contributed by atoms with Gasteiger partial charge in [0.25, 0.3) is 0 Å². The Morgan fingerprint density at radius 3 is 2.31 bits per heavy atom. The first-order valence-corrected chi connectivity index (χ1v) is 10.6. The topological polar surface area (TPSA) is 55.4 Å². The summed E-state index contributed by atoms with van der Waals surface area (Å²) in [4.78, 5) is 24.6. The van der Waals surface area contributed by atoms with E-state index in [-0.39, 0.29) is 29.1 Å². The summed E-state index contributed by atoms with van der Waals surface area (Å²) in [5.41, 5.74) is 0.722. The van der Waals surface area contributed by atoms with Crippen LogP contribution in [-0.4, -0.2) is 30.3 Å². The average molecular weight is 453 g/mol. The maximum absolute atomic E-state index is 12.3. The number of ether oxygens (including phenoxy) is 1. The molecule has 0 saturated heterocycles. The Balaban J connectivity index is 1.19. The van der Waals surface area contributed by atoms with E-state index >= 15 is 0 Å². The Morgan fingerprint density at radius 1 is 0.966 bits per heavy atom. The summed E-state index contributed by atoms with van der Waals surface area (Å²) < 4.78 is 5.53. The highest BCUT2D eigenvalue weighted by molar-refractivity contribution is 6.42. The van der Waals surface area contributed by atoms with Crippen molar-refractivity contribution in [1.82, 2.24) is 5.32 Å². The van der Waals surface area contributed by atoms with Crippen LogP contribution in [0.4, 0.5) is 0 Å². The third-order valence-electron chi connectivity index (χ3n) is 5.79. The van der Waals surface area contributed by atoms with Crippen LogP contribution in [0.25, 0.3) is 0 Å². The monoisotopic (exact) mass is 451 g/mol. The number of rotatable bonds is 9. The molecule has 4 nitrogen and oxygen atoms in total. The van der Waals surface area contributed by atoms with E-state index in [1.807, 2.05) is 0 Å². The van der Waals surface area contributed by atoms with Crippen molar-refractivity contribution in [2.75, 3.05) is 13.2 Å². The predicted octanol–water partition coefficient (Wildman–Crippen LogP) is 5.38. The lowest BCUT2D eigenvalue weighted by Crippen LogP contribution is -2.74. The highest BCUT2D eigenvalue weighted by Gasteiger charge is 2.67. The lowest BCUT2D eigenvalue weighted by Gasteiger charge is -2.71. The average Bonchev–Trinajstić information content (AvgIpc) is 2.64. The van der Waals surface area contributed by atoms with Crippen LogP contribution in [0, 0.1) is 5.41 Å². The highest BCUT2D eigenvalue weighted by Crippen LogP contribution is 2.68. The van der Waals surface area contributed by atoms with E-state index in [4.69, 9.17) is 39.5 Å². The molecule has 7 heteroatoms. The summed E-state index contributed by atoms with van der Waals surface area (Å²) >= 11 is 17.7. The third kappa shape index (κ3) is 4.46. The van der Waals surface area contributed by atoms with Gasteiger partial charge in [0.15, 0.2) is 11.6 Å². The fourth-order valence-corrected chi connectivity index (χ4v) is 4.99. The molecule has 1 N–H and O–H groups in total. The molecule has 29 heavy (non-hydrogen) atoms. The Hall–Kier alpha value is -1.59. The van der Waals surface area contributed by atoms with Gasteiger partial charge >= 0.3 is 0 Å². The number of benzene rings is 2. The molecule has 2 bridgehead atoms. The zero-order valence-corrected chi connectivity index (χ0v) is 17.9. The van der Waals surface area contributed by atoms with E-state index in [1.165, 1.54) is 0 Å². The Labute approximate surface area is 184 Å². The second kappa shape index (κ2) is 7.92. The molecule has 3 saturated carbocycles. The standard InChI is InChI=1S/C22H20Cl3NO3/c23-15-3-1-14(2-4-15)20(28)9-26-22-11-21(12-22,13-22)8-16(27)10-29-17-5-6-18(24)19(25)7-17/h1-7,26H,8-13H2. The summed E-state index contributed by atoms with van der Waals surface area (Å²) in [5, 5.41) is 4.85. The zero-order valence-electron chi connectivity index (χ0n) is 15.6. The molecule has 0 spiro atoms. The number of halogens is 3. The molecule has 0 unspecified atom stereocenters. The lowest BCUT2D eigenvalue weighted by molar-refractivity contribution is -0.166. The van der Waals surface area contributed by atoms with E-state index in [9.17, 15) is 9.59 Å². The normalized spacial score (nSPS) is 24.4. The minimum absolute atomic E-state index is 0.00687. The molecule has 0 aliphatic heterocycles. The molecule has 152 valence electrons. The zero-order chi connectivity index (χ0) is 20.6. The minimum atomic E-state index is 0.00687. The maximum Gasteiger partial charge on any atom is 0.176 e. The first-order valence-electron chi connectivity index (χ1n) is 9.42. The Morgan fingerprint density at radius 2 is 1.66 bits per heavy atom. The number of ketones is 2. The maximum atomic E-state index is 12.3. The molecule has 0 radical (unpaired) electrons. The predicted molar refractivity (Wildman–Crippen MR) is 114 cm³/mol. The Kier molecular flexibility index (Phi) is 5.64. The van der Waals surface area contributed by atoms with Crippen LogP contribution in [-0.2, 0) is 4.79 Å². The van der Waals surface area contributed by atoms with Gasteiger partial charge < -0.3 is 10.1 Å². The van der Waals surface area contributed by atoms with Gasteiger partial charge in [0, 0.05) is 28.6 Å². The van der Waals surface area contributed by atoms with Crippen LogP contribution in [0.2, 0.25) is 15.1 Å². The molecule has 0 aromatic heterocycles. The van der Waals surface area contributed by atoms with Gasteiger partial charge in [0.05, 0.1) is 16.6 Å². The molecule has 0 atom stereocenters. The first-order chi connectivity index (χ1) is 13.8. The van der Waals surface area contributed by atoms with E-state index in [0.29, 0.717) is 39.3 Å². The lowest BCUT2D eigenvalue weighted by atomic mass is 9.38. The molecular weight excluding hydrogens is 433 g/mol. The fraction of sp³-hybridized carbons (Fsp3) is 0.364. The minimum Gasteiger partial charge on any atom is -0.486 e. The summed E-state index contributed by atoms with van der Waals surface area (Å²) in [6.07, 6.45) is 3.27. The SMILES string of the molecule is O=C(COc1ccc(Cl)c(Cl)c1)CC12CC(NCC(=O)c3ccc(Cl)cc3)(C1)C2. The molecule has 2 aromatic carbocycles. The highest BCUT2D eigenvalue weighted by atomic mass is 35.5. The van der Waals surface area contributed by atoms with Gasteiger partial charge in [-0.2, -0.15) is 0 Å². The fourth-order valence-electron chi connectivity index (χ4n) is 4.58. The van der Waals surface area contributed by atoms with Gasteiger partial charge in [0.2, 0.25) is 0 Å². The number of carbonyl (C=O) groups is 2. The number of carbonyl (C=O) groups excluding carboxylic acids is 2. The molecule has 2 aromatic rings. The smallest absolute Gasteiger partial charge is 0.176 e. The molecular formula is C22H20Cl3NO3.